The Morgan fingerprint density at radius 2 is 1.90 bits per heavy atom. The van der Waals surface area contributed by atoms with Crippen LogP contribution in [0.3, 0.4) is 0 Å². The number of halogens is 1. The smallest absolute Gasteiger partial charge is 0.233 e. The summed E-state index contributed by atoms with van der Waals surface area (Å²) >= 11 is 0. The summed E-state index contributed by atoms with van der Waals surface area (Å²) in [6, 6.07) is 11.4. The number of hydrogen-bond donors (Lipinski definition) is 1. The van der Waals surface area contributed by atoms with E-state index in [0.29, 0.717) is 18.2 Å². The number of carbonyl (C=O) groups is 1. The molecule has 0 aliphatic carbocycles. The Morgan fingerprint density at radius 3 is 2.48 bits per heavy atom. The fourth-order valence-corrected chi connectivity index (χ4v) is 2.07. The Morgan fingerprint density at radius 1 is 1.19 bits per heavy atom. The molecule has 0 radical (unpaired) electrons. The van der Waals surface area contributed by atoms with E-state index in [0.717, 1.165) is 5.56 Å². The number of aromatic nitrogens is 1. The van der Waals surface area contributed by atoms with Gasteiger partial charge in [0, 0.05) is 12.7 Å². The van der Waals surface area contributed by atoms with Crippen LogP contribution in [0.1, 0.15) is 31.0 Å². The topological polar surface area (TPSA) is 42.0 Å². The molecule has 21 heavy (non-hydrogen) atoms. The van der Waals surface area contributed by atoms with Gasteiger partial charge in [0.1, 0.15) is 11.7 Å². The van der Waals surface area contributed by atoms with Crippen molar-refractivity contribution in [2.75, 3.05) is 6.54 Å². The lowest BCUT2D eigenvalue weighted by molar-refractivity contribution is -0.121. The molecular formula is C17H19FN2O. The van der Waals surface area contributed by atoms with E-state index in [9.17, 15) is 9.18 Å². The summed E-state index contributed by atoms with van der Waals surface area (Å²) in [5.74, 6) is -0.591. The van der Waals surface area contributed by atoms with E-state index in [1.54, 1.807) is 24.4 Å². The van der Waals surface area contributed by atoms with Crippen molar-refractivity contribution in [3.8, 4) is 0 Å². The Balaban J connectivity index is 2.30. The highest BCUT2D eigenvalue weighted by molar-refractivity contribution is 5.86. The molecule has 0 saturated heterocycles. The molecule has 4 heteroatoms. The van der Waals surface area contributed by atoms with E-state index >= 15 is 0 Å². The average Bonchev–Trinajstić information content (AvgIpc) is 2.48. The maximum Gasteiger partial charge on any atom is 0.233 e. The minimum atomic E-state index is -0.523. The zero-order chi connectivity index (χ0) is 15.2. The molecule has 1 heterocycles. The third-order valence-corrected chi connectivity index (χ3v) is 3.13. The van der Waals surface area contributed by atoms with E-state index in [4.69, 9.17) is 0 Å². The zero-order valence-corrected chi connectivity index (χ0v) is 12.2. The number of amides is 1. The Bertz CT molecular complexity index is 581. The predicted octanol–water partition coefficient (Wildman–Crippen LogP) is 3.12. The highest BCUT2D eigenvalue weighted by atomic mass is 19.1. The number of nitrogens with zero attached hydrogens (tertiary/aromatic N) is 1. The third-order valence-electron chi connectivity index (χ3n) is 3.13. The van der Waals surface area contributed by atoms with E-state index in [1.807, 2.05) is 26.0 Å². The lowest BCUT2D eigenvalue weighted by Gasteiger charge is -2.17. The van der Waals surface area contributed by atoms with Crippen LogP contribution in [0.5, 0.6) is 0 Å². The van der Waals surface area contributed by atoms with Crippen molar-refractivity contribution in [1.82, 2.24) is 10.3 Å². The second-order valence-electron chi connectivity index (χ2n) is 5.38. The van der Waals surface area contributed by atoms with Crippen molar-refractivity contribution < 1.29 is 9.18 Å². The second kappa shape index (κ2) is 6.97. The molecule has 1 atom stereocenters. The maximum absolute atomic E-state index is 13.1. The maximum atomic E-state index is 13.1. The molecule has 0 fully saturated rings. The lowest BCUT2D eigenvalue weighted by Crippen LogP contribution is -2.33. The SMILES string of the molecule is CC(C)CNC(=O)C(c1ccc(F)cc1)c1ccccn1. The molecule has 110 valence electrons. The first-order valence-electron chi connectivity index (χ1n) is 7.02. The van der Waals surface area contributed by atoms with Gasteiger partial charge in [-0.05, 0) is 35.7 Å². The van der Waals surface area contributed by atoms with Crippen LogP contribution in [-0.2, 0) is 4.79 Å². The number of hydrogen-bond acceptors (Lipinski definition) is 2. The summed E-state index contributed by atoms with van der Waals surface area (Å²) in [5.41, 5.74) is 1.39. The molecule has 1 aromatic heterocycles. The zero-order valence-electron chi connectivity index (χ0n) is 12.2. The van der Waals surface area contributed by atoms with Crippen LogP contribution in [-0.4, -0.2) is 17.4 Å². The van der Waals surface area contributed by atoms with E-state index in [1.165, 1.54) is 12.1 Å². The van der Waals surface area contributed by atoms with Crippen LogP contribution in [0.15, 0.2) is 48.7 Å². The van der Waals surface area contributed by atoms with Crippen molar-refractivity contribution in [3.05, 3.63) is 65.7 Å². The van der Waals surface area contributed by atoms with Gasteiger partial charge < -0.3 is 5.32 Å². The fraction of sp³-hybridized carbons (Fsp3) is 0.294. The summed E-state index contributed by atoms with van der Waals surface area (Å²) in [7, 11) is 0. The van der Waals surface area contributed by atoms with Gasteiger partial charge in [-0.25, -0.2) is 4.39 Å². The van der Waals surface area contributed by atoms with E-state index < -0.39 is 5.92 Å². The van der Waals surface area contributed by atoms with Gasteiger partial charge >= 0.3 is 0 Å². The normalized spacial score (nSPS) is 12.2. The van der Waals surface area contributed by atoms with Gasteiger partial charge in [0.2, 0.25) is 5.91 Å². The van der Waals surface area contributed by atoms with Crippen LogP contribution < -0.4 is 5.32 Å². The summed E-state index contributed by atoms with van der Waals surface area (Å²) in [6.45, 7) is 4.67. The van der Waals surface area contributed by atoms with Gasteiger partial charge in [-0.15, -0.1) is 0 Å². The lowest BCUT2D eigenvalue weighted by atomic mass is 9.94. The first kappa shape index (κ1) is 15.2. The van der Waals surface area contributed by atoms with Crippen molar-refractivity contribution in [2.24, 2.45) is 5.92 Å². The predicted molar refractivity (Wildman–Crippen MR) is 80.3 cm³/mol. The van der Waals surface area contributed by atoms with E-state index in [-0.39, 0.29) is 11.7 Å². The fourth-order valence-electron chi connectivity index (χ4n) is 2.07. The summed E-state index contributed by atoms with van der Waals surface area (Å²) in [4.78, 5) is 16.8. The molecule has 2 rings (SSSR count). The summed E-state index contributed by atoms with van der Waals surface area (Å²) in [5, 5.41) is 2.92. The average molecular weight is 286 g/mol. The molecule has 0 bridgehead atoms. The largest absolute Gasteiger partial charge is 0.355 e. The molecule has 1 amide bonds. The minimum Gasteiger partial charge on any atom is -0.355 e. The third kappa shape index (κ3) is 4.12. The highest BCUT2D eigenvalue weighted by Gasteiger charge is 2.23. The number of rotatable bonds is 5. The monoisotopic (exact) mass is 286 g/mol. The molecular weight excluding hydrogens is 267 g/mol. The first-order chi connectivity index (χ1) is 10.1. The van der Waals surface area contributed by atoms with Gasteiger partial charge in [0.05, 0.1) is 5.69 Å². The Labute approximate surface area is 124 Å². The Hall–Kier alpha value is -2.23. The molecule has 1 N–H and O–H groups in total. The van der Waals surface area contributed by atoms with Crippen molar-refractivity contribution >= 4 is 5.91 Å². The van der Waals surface area contributed by atoms with Crippen LogP contribution in [0.25, 0.3) is 0 Å². The van der Waals surface area contributed by atoms with Crippen LogP contribution in [0.2, 0.25) is 0 Å². The molecule has 2 aromatic rings. The standard InChI is InChI=1S/C17H19FN2O/c1-12(2)11-20-17(21)16(15-5-3-4-10-19-15)13-6-8-14(18)9-7-13/h3-10,12,16H,11H2,1-2H3,(H,20,21). The van der Waals surface area contributed by atoms with Gasteiger partial charge in [0.25, 0.3) is 0 Å². The quantitative estimate of drug-likeness (QED) is 0.917. The number of carbonyl (C=O) groups excluding carboxylic acids is 1. The Kier molecular flexibility index (Phi) is 5.04. The second-order valence-corrected chi connectivity index (χ2v) is 5.38. The van der Waals surface area contributed by atoms with Gasteiger partial charge in [0.15, 0.2) is 0 Å². The number of nitrogens with one attached hydrogen (secondary N) is 1. The molecule has 0 saturated carbocycles. The summed E-state index contributed by atoms with van der Waals surface area (Å²) < 4.78 is 13.1. The highest BCUT2D eigenvalue weighted by Crippen LogP contribution is 2.23. The number of pyridine rings is 1. The minimum absolute atomic E-state index is 0.117. The van der Waals surface area contributed by atoms with Gasteiger partial charge in [-0.3, -0.25) is 9.78 Å². The van der Waals surface area contributed by atoms with Crippen LogP contribution in [0.4, 0.5) is 4.39 Å². The van der Waals surface area contributed by atoms with Crippen molar-refractivity contribution in [1.29, 1.82) is 0 Å². The molecule has 0 aliphatic rings. The van der Waals surface area contributed by atoms with E-state index in [2.05, 4.69) is 10.3 Å². The molecule has 1 aromatic carbocycles. The molecule has 0 aliphatic heterocycles. The van der Waals surface area contributed by atoms with Crippen LogP contribution >= 0.6 is 0 Å². The number of benzene rings is 1. The molecule has 1 unspecified atom stereocenters. The molecule has 3 nitrogen and oxygen atoms in total. The first-order valence-corrected chi connectivity index (χ1v) is 7.02. The van der Waals surface area contributed by atoms with Crippen molar-refractivity contribution in [3.63, 3.8) is 0 Å². The van der Waals surface area contributed by atoms with Crippen LogP contribution in [0, 0.1) is 11.7 Å². The summed E-state index contributed by atoms with van der Waals surface area (Å²) in [6.07, 6.45) is 1.65. The van der Waals surface area contributed by atoms with Gasteiger partial charge in [-0.1, -0.05) is 32.0 Å². The molecule has 0 spiro atoms. The van der Waals surface area contributed by atoms with Gasteiger partial charge in [-0.2, -0.15) is 0 Å². The van der Waals surface area contributed by atoms with Crippen molar-refractivity contribution in [2.45, 2.75) is 19.8 Å².